The largest absolute Gasteiger partial charge is 0.491 e. The average Bonchev–Trinajstić information content (AvgIpc) is 3.02. The van der Waals surface area contributed by atoms with E-state index in [0.717, 1.165) is 24.4 Å². The molecule has 0 saturated heterocycles. The molecule has 24 heavy (non-hydrogen) atoms. The fourth-order valence-corrected chi connectivity index (χ4v) is 2.47. The van der Waals surface area contributed by atoms with Crippen LogP contribution in [0.2, 0.25) is 0 Å². The Morgan fingerprint density at radius 3 is 2.96 bits per heavy atom. The molecule has 7 nitrogen and oxygen atoms in total. The van der Waals surface area contributed by atoms with Crippen LogP contribution in [0.5, 0.6) is 5.75 Å². The lowest BCUT2D eigenvalue weighted by molar-refractivity contribution is 0.0933. The lowest BCUT2D eigenvalue weighted by atomic mass is 10.1. The molecule has 0 aliphatic rings. The second kappa shape index (κ2) is 8.44. The third-order valence-electron chi connectivity index (χ3n) is 3.60. The zero-order valence-corrected chi connectivity index (χ0v) is 14.5. The van der Waals surface area contributed by atoms with Crippen LogP contribution in [-0.4, -0.2) is 33.8 Å². The minimum atomic E-state index is -0.255. The molecule has 0 fully saturated rings. The van der Waals surface area contributed by atoms with E-state index in [-0.39, 0.29) is 11.9 Å². The molecular formula is C17H25N5O2. The summed E-state index contributed by atoms with van der Waals surface area (Å²) in [6.45, 7) is 7.49. The van der Waals surface area contributed by atoms with Gasteiger partial charge in [0.2, 0.25) is 0 Å². The molecule has 7 heteroatoms. The maximum atomic E-state index is 12.7. The molecule has 0 unspecified atom stereocenters. The molecule has 0 spiro atoms. The highest BCUT2D eigenvalue weighted by atomic mass is 16.5. The first-order valence-corrected chi connectivity index (χ1v) is 8.18. The molecule has 0 saturated carbocycles. The number of hydrogen-bond donors (Lipinski definition) is 2. The third kappa shape index (κ3) is 4.32. The fourth-order valence-electron chi connectivity index (χ4n) is 2.47. The summed E-state index contributed by atoms with van der Waals surface area (Å²) in [5.74, 6) is 1.07. The van der Waals surface area contributed by atoms with Crippen LogP contribution in [0.25, 0.3) is 0 Å². The van der Waals surface area contributed by atoms with E-state index in [1.807, 2.05) is 30.5 Å². The van der Waals surface area contributed by atoms with E-state index >= 15 is 0 Å². The van der Waals surface area contributed by atoms with Crippen molar-refractivity contribution in [1.29, 1.82) is 0 Å². The number of ether oxygens (including phenoxy) is 1. The van der Waals surface area contributed by atoms with Crippen LogP contribution >= 0.6 is 0 Å². The molecule has 0 bridgehead atoms. The molecule has 1 aromatic heterocycles. The van der Waals surface area contributed by atoms with Gasteiger partial charge in [-0.2, -0.15) is 0 Å². The Morgan fingerprint density at radius 1 is 1.46 bits per heavy atom. The molecule has 0 aliphatic heterocycles. The fraction of sp³-hybridized carbons (Fsp3) is 0.471. The molecule has 130 valence electrons. The molecule has 1 atom stereocenters. The lowest BCUT2D eigenvalue weighted by Crippen LogP contribution is -2.29. The van der Waals surface area contributed by atoms with Crippen LogP contribution in [0.4, 0.5) is 0 Å². The van der Waals surface area contributed by atoms with Gasteiger partial charge in [0.05, 0.1) is 11.6 Å². The number of amides is 1. The summed E-state index contributed by atoms with van der Waals surface area (Å²) in [6.07, 6.45) is 2.66. The van der Waals surface area contributed by atoms with Crippen molar-refractivity contribution < 1.29 is 9.53 Å². The molecule has 2 rings (SSSR count). The molecule has 2 aromatic rings. The Kier molecular flexibility index (Phi) is 6.31. The Hall–Kier alpha value is -2.41. The number of nitrogens with two attached hydrogens (primary N) is 1. The second-order valence-corrected chi connectivity index (χ2v) is 5.71. The van der Waals surface area contributed by atoms with Gasteiger partial charge >= 0.3 is 0 Å². The first-order valence-electron chi connectivity index (χ1n) is 8.18. The number of benzene rings is 1. The van der Waals surface area contributed by atoms with E-state index in [9.17, 15) is 4.79 Å². The highest BCUT2D eigenvalue weighted by Gasteiger charge is 2.19. The highest BCUT2D eigenvalue weighted by Crippen LogP contribution is 2.21. The van der Waals surface area contributed by atoms with Crippen molar-refractivity contribution in [2.75, 3.05) is 13.2 Å². The predicted octanol–water partition coefficient (Wildman–Crippen LogP) is 1.83. The summed E-state index contributed by atoms with van der Waals surface area (Å²) in [5, 5.41) is 11.0. The topological polar surface area (TPSA) is 95.1 Å². The van der Waals surface area contributed by atoms with Crippen LogP contribution in [0.15, 0.2) is 24.5 Å². The number of nitrogens with zero attached hydrogens (tertiary/aromatic N) is 3. The summed E-state index contributed by atoms with van der Waals surface area (Å²) in [4.78, 5) is 12.7. The molecule has 0 radical (unpaired) electrons. The van der Waals surface area contributed by atoms with E-state index in [2.05, 4.69) is 22.4 Å². The number of carbonyl (C=O) groups excluding carboxylic acids is 1. The Labute approximate surface area is 142 Å². The quantitative estimate of drug-likeness (QED) is 0.769. The van der Waals surface area contributed by atoms with Crippen molar-refractivity contribution in [3.63, 3.8) is 0 Å². The lowest BCUT2D eigenvalue weighted by Gasteiger charge is -2.16. The molecule has 3 N–H and O–H groups in total. The van der Waals surface area contributed by atoms with Crippen LogP contribution < -0.4 is 15.8 Å². The van der Waals surface area contributed by atoms with Gasteiger partial charge in [-0.15, -0.1) is 10.2 Å². The predicted molar refractivity (Wildman–Crippen MR) is 91.9 cm³/mol. The summed E-state index contributed by atoms with van der Waals surface area (Å²) < 4.78 is 7.53. The summed E-state index contributed by atoms with van der Waals surface area (Å²) in [7, 11) is 0. The van der Waals surface area contributed by atoms with Crippen LogP contribution in [0, 0.1) is 6.92 Å². The van der Waals surface area contributed by atoms with Gasteiger partial charge in [-0.05, 0) is 32.4 Å². The minimum Gasteiger partial charge on any atom is -0.491 e. The summed E-state index contributed by atoms with van der Waals surface area (Å²) in [5.41, 5.74) is 6.96. The van der Waals surface area contributed by atoms with E-state index in [1.54, 1.807) is 12.4 Å². The number of rotatable bonds is 8. The van der Waals surface area contributed by atoms with E-state index < -0.39 is 0 Å². The van der Waals surface area contributed by atoms with Gasteiger partial charge in [0.15, 0.2) is 5.82 Å². The molecule has 1 heterocycles. The van der Waals surface area contributed by atoms with Gasteiger partial charge in [-0.3, -0.25) is 4.79 Å². The van der Waals surface area contributed by atoms with E-state index in [4.69, 9.17) is 10.5 Å². The van der Waals surface area contributed by atoms with E-state index in [1.165, 1.54) is 0 Å². The van der Waals surface area contributed by atoms with Gasteiger partial charge in [0.25, 0.3) is 5.91 Å². The zero-order valence-electron chi connectivity index (χ0n) is 14.5. The SMILES string of the molecule is CCCn1cnnc1[C@@H](C)NC(=O)c1cc(C)ccc1OCCN. The van der Waals surface area contributed by atoms with Crippen molar-refractivity contribution in [2.45, 2.75) is 39.8 Å². The van der Waals surface area contributed by atoms with Crippen molar-refractivity contribution in [2.24, 2.45) is 5.73 Å². The van der Waals surface area contributed by atoms with Gasteiger partial charge in [-0.1, -0.05) is 18.6 Å². The van der Waals surface area contributed by atoms with Crippen molar-refractivity contribution in [1.82, 2.24) is 20.1 Å². The van der Waals surface area contributed by atoms with E-state index in [0.29, 0.717) is 24.5 Å². The second-order valence-electron chi connectivity index (χ2n) is 5.71. The minimum absolute atomic E-state index is 0.204. The van der Waals surface area contributed by atoms with Gasteiger partial charge in [-0.25, -0.2) is 0 Å². The molecule has 1 aromatic carbocycles. The smallest absolute Gasteiger partial charge is 0.255 e. The molecule has 1 amide bonds. The normalized spacial score (nSPS) is 12.0. The first kappa shape index (κ1) is 17.9. The monoisotopic (exact) mass is 331 g/mol. The average molecular weight is 331 g/mol. The van der Waals surface area contributed by atoms with Crippen LogP contribution in [0.1, 0.15) is 48.1 Å². The van der Waals surface area contributed by atoms with Crippen molar-refractivity contribution in [3.8, 4) is 5.75 Å². The van der Waals surface area contributed by atoms with Gasteiger partial charge < -0.3 is 20.4 Å². The van der Waals surface area contributed by atoms with Crippen LogP contribution in [-0.2, 0) is 6.54 Å². The standard InChI is InChI=1S/C17H25N5O2/c1-4-8-22-11-19-21-16(22)13(3)20-17(23)14-10-12(2)5-6-15(14)24-9-7-18/h5-6,10-11,13H,4,7-9,18H2,1-3H3,(H,20,23)/t13-/m1/s1. The summed E-state index contributed by atoms with van der Waals surface area (Å²) in [6, 6.07) is 5.26. The maximum absolute atomic E-state index is 12.7. The number of aromatic nitrogens is 3. The zero-order chi connectivity index (χ0) is 17.5. The maximum Gasteiger partial charge on any atom is 0.255 e. The van der Waals surface area contributed by atoms with Crippen molar-refractivity contribution >= 4 is 5.91 Å². The highest BCUT2D eigenvalue weighted by molar-refractivity contribution is 5.97. The number of aryl methyl sites for hydroxylation is 2. The Bertz CT molecular complexity index is 683. The number of carbonyl (C=O) groups is 1. The number of hydrogen-bond acceptors (Lipinski definition) is 5. The van der Waals surface area contributed by atoms with Gasteiger partial charge in [0.1, 0.15) is 18.7 Å². The first-order chi connectivity index (χ1) is 11.6. The number of nitrogens with one attached hydrogen (secondary N) is 1. The molecular weight excluding hydrogens is 306 g/mol. The summed E-state index contributed by atoms with van der Waals surface area (Å²) >= 11 is 0. The molecule has 0 aliphatic carbocycles. The van der Waals surface area contributed by atoms with Crippen molar-refractivity contribution in [3.05, 3.63) is 41.5 Å². The third-order valence-corrected chi connectivity index (χ3v) is 3.60. The Balaban J connectivity index is 2.16. The van der Waals surface area contributed by atoms with Crippen LogP contribution in [0.3, 0.4) is 0 Å². The van der Waals surface area contributed by atoms with Gasteiger partial charge in [0, 0.05) is 13.1 Å². The Morgan fingerprint density at radius 2 is 2.25 bits per heavy atom.